The molecule has 0 amide bonds. The predicted octanol–water partition coefficient (Wildman–Crippen LogP) is 3.03. The fourth-order valence-corrected chi connectivity index (χ4v) is 9.95. The molecule has 0 saturated heterocycles. The summed E-state index contributed by atoms with van der Waals surface area (Å²) in [4.78, 5) is 0. The molecule has 0 fully saturated rings. The van der Waals surface area contributed by atoms with Crippen molar-refractivity contribution in [1.82, 2.24) is 0 Å². The topological polar surface area (TPSA) is 9.23 Å². The zero-order valence-corrected chi connectivity index (χ0v) is 11.8. The van der Waals surface area contributed by atoms with E-state index >= 15 is 0 Å². The fraction of sp³-hybridized carbons (Fsp3) is 1.00. The molecule has 1 nitrogen and oxygen atoms in total. The minimum absolute atomic E-state index is 0.0747. The normalized spacial score (nSPS) is 16.2. The lowest BCUT2D eigenvalue weighted by atomic mass is 10.2. The summed E-state index contributed by atoms with van der Waals surface area (Å²) in [6, 6.07) is 0. The molecule has 0 aliphatic carbocycles. The SMILES string of the molecule is C[SiH](C[Si](C)(C)C)OC(C)(C)C. The van der Waals surface area contributed by atoms with Gasteiger partial charge in [-0.1, -0.05) is 19.6 Å². The second-order valence-corrected chi connectivity index (χ2v) is 14.4. The lowest BCUT2D eigenvalue weighted by Crippen LogP contribution is -2.35. The molecular weight excluding hydrogens is 180 g/mol. The van der Waals surface area contributed by atoms with E-state index in [2.05, 4.69) is 47.0 Å². The van der Waals surface area contributed by atoms with Crippen molar-refractivity contribution in [2.75, 3.05) is 0 Å². The van der Waals surface area contributed by atoms with Gasteiger partial charge in [0.05, 0.1) is 0 Å². The predicted molar refractivity (Wildman–Crippen MR) is 62.0 cm³/mol. The van der Waals surface area contributed by atoms with Gasteiger partial charge in [-0.25, -0.2) is 0 Å². The first kappa shape index (κ1) is 12.4. The summed E-state index contributed by atoms with van der Waals surface area (Å²) in [5, 5.41) is 0. The van der Waals surface area contributed by atoms with Crippen molar-refractivity contribution in [2.24, 2.45) is 0 Å². The average molecular weight is 204 g/mol. The Balaban J connectivity index is 3.83. The van der Waals surface area contributed by atoms with Crippen LogP contribution in [0.1, 0.15) is 20.8 Å². The highest BCUT2D eigenvalue weighted by Crippen LogP contribution is 2.16. The lowest BCUT2D eigenvalue weighted by Gasteiger charge is -2.28. The first-order valence-electron chi connectivity index (χ1n) is 4.78. The van der Waals surface area contributed by atoms with Crippen LogP contribution in [0.2, 0.25) is 31.9 Å². The molecule has 12 heavy (non-hydrogen) atoms. The zero-order chi connectivity index (χ0) is 9.99. The molecule has 0 aromatic carbocycles. The van der Waals surface area contributed by atoms with Crippen LogP contribution >= 0.6 is 0 Å². The van der Waals surface area contributed by atoms with Gasteiger partial charge in [0.25, 0.3) is 0 Å². The van der Waals surface area contributed by atoms with E-state index in [0.29, 0.717) is 0 Å². The standard InChI is InChI=1S/C9H24OSi2/c1-9(2,3)10-11(4)8-12(5,6)7/h11H,8H2,1-7H3. The monoisotopic (exact) mass is 204 g/mol. The van der Waals surface area contributed by atoms with Crippen LogP contribution in [0.25, 0.3) is 0 Å². The van der Waals surface area contributed by atoms with Crippen LogP contribution in [0.5, 0.6) is 0 Å². The minimum atomic E-state index is -0.890. The Bertz CT molecular complexity index is 116. The molecule has 0 bridgehead atoms. The van der Waals surface area contributed by atoms with Gasteiger partial charge in [0.15, 0.2) is 9.04 Å². The molecule has 74 valence electrons. The second-order valence-electron chi connectivity index (χ2n) is 5.81. The quantitative estimate of drug-likeness (QED) is 0.642. The van der Waals surface area contributed by atoms with Crippen molar-refractivity contribution in [3.8, 4) is 0 Å². The van der Waals surface area contributed by atoms with Crippen molar-refractivity contribution in [3.63, 3.8) is 0 Å². The maximum Gasteiger partial charge on any atom is 0.172 e. The van der Waals surface area contributed by atoms with Crippen molar-refractivity contribution in [2.45, 2.75) is 58.2 Å². The Hall–Kier alpha value is 0.394. The van der Waals surface area contributed by atoms with Crippen molar-refractivity contribution in [1.29, 1.82) is 0 Å². The minimum Gasteiger partial charge on any atom is -0.416 e. The van der Waals surface area contributed by atoms with Gasteiger partial charge in [-0.2, -0.15) is 0 Å². The third-order valence-corrected chi connectivity index (χ3v) is 9.76. The second kappa shape index (κ2) is 4.07. The first-order chi connectivity index (χ1) is 5.10. The third kappa shape index (κ3) is 8.49. The maximum absolute atomic E-state index is 5.99. The summed E-state index contributed by atoms with van der Waals surface area (Å²) in [5.41, 5.74) is 1.47. The van der Waals surface area contributed by atoms with Crippen LogP contribution in [0.4, 0.5) is 0 Å². The molecule has 3 heteroatoms. The van der Waals surface area contributed by atoms with E-state index in [9.17, 15) is 0 Å². The Kier molecular flexibility index (Phi) is 4.20. The average Bonchev–Trinajstić information content (AvgIpc) is 1.49. The third-order valence-electron chi connectivity index (χ3n) is 1.45. The van der Waals surface area contributed by atoms with Crippen LogP contribution in [0.15, 0.2) is 0 Å². The van der Waals surface area contributed by atoms with E-state index in [1.54, 1.807) is 0 Å². The maximum atomic E-state index is 5.99. The molecule has 0 rings (SSSR count). The molecule has 0 aliphatic heterocycles. The van der Waals surface area contributed by atoms with E-state index in [0.717, 1.165) is 0 Å². The molecule has 0 heterocycles. The van der Waals surface area contributed by atoms with Crippen molar-refractivity contribution >= 4 is 17.1 Å². The van der Waals surface area contributed by atoms with Gasteiger partial charge in [-0.3, -0.25) is 0 Å². The summed E-state index contributed by atoms with van der Waals surface area (Å²) in [6.45, 7) is 16.0. The number of hydrogen-bond donors (Lipinski definition) is 0. The van der Waals surface area contributed by atoms with Gasteiger partial charge >= 0.3 is 0 Å². The molecule has 0 aromatic heterocycles. The Morgan fingerprint density at radius 1 is 1.17 bits per heavy atom. The molecule has 0 aliphatic rings. The van der Waals surface area contributed by atoms with Crippen molar-refractivity contribution in [3.05, 3.63) is 0 Å². The van der Waals surface area contributed by atoms with Gasteiger partial charge in [-0.05, 0) is 33.0 Å². The van der Waals surface area contributed by atoms with Gasteiger partial charge < -0.3 is 4.43 Å². The molecular formula is C9H24OSi2. The van der Waals surface area contributed by atoms with E-state index in [1.165, 1.54) is 5.67 Å². The fourth-order valence-electron chi connectivity index (χ4n) is 1.51. The van der Waals surface area contributed by atoms with E-state index < -0.39 is 17.1 Å². The Morgan fingerprint density at radius 2 is 1.58 bits per heavy atom. The zero-order valence-electron chi connectivity index (χ0n) is 9.69. The van der Waals surface area contributed by atoms with Gasteiger partial charge in [-0.15, -0.1) is 0 Å². The van der Waals surface area contributed by atoms with Crippen LogP contribution in [0, 0.1) is 0 Å². The molecule has 0 radical (unpaired) electrons. The molecule has 0 aromatic rings. The summed E-state index contributed by atoms with van der Waals surface area (Å²) < 4.78 is 5.99. The lowest BCUT2D eigenvalue weighted by molar-refractivity contribution is 0.131. The van der Waals surface area contributed by atoms with E-state index in [1.807, 2.05) is 0 Å². The summed E-state index contributed by atoms with van der Waals surface area (Å²) in [6.07, 6.45) is 0. The molecule has 0 spiro atoms. The Labute approximate surface area is 80.3 Å². The van der Waals surface area contributed by atoms with Crippen LogP contribution in [-0.4, -0.2) is 22.7 Å². The summed E-state index contributed by atoms with van der Waals surface area (Å²) >= 11 is 0. The highest BCUT2D eigenvalue weighted by Gasteiger charge is 2.22. The first-order valence-corrected chi connectivity index (χ1v) is 10.9. The van der Waals surface area contributed by atoms with Gasteiger partial charge in [0.2, 0.25) is 0 Å². The molecule has 1 unspecified atom stereocenters. The van der Waals surface area contributed by atoms with Crippen molar-refractivity contribution < 1.29 is 4.43 Å². The molecule has 1 atom stereocenters. The van der Waals surface area contributed by atoms with Gasteiger partial charge in [0, 0.05) is 13.7 Å². The number of hydrogen-bond acceptors (Lipinski definition) is 1. The van der Waals surface area contributed by atoms with Crippen LogP contribution < -0.4 is 0 Å². The summed E-state index contributed by atoms with van der Waals surface area (Å²) in [5.74, 6) is 0. The largest absolute Gasteiger partial charge is 0.416 e. The highest BCUT2D eigenvalue weighted by molar-refractivity contribution is 6.85. The van der Waals surface area contributed by atoms with Crippen LogP contribution in [0.3, 0.4) is 0 Å². The molecule has 0 N–H and O–H groups in total. The number of rotatable bonds is 3. The summed E-state index contributed by atoms with van der Waals surface area (Å²) in [7, 11) is -1.77. The smallest absolute Gasteiger partial charge is 0.172 e. The molecule has 0 saturated carbocycles. The highest BCUT2D eigenvalue weighted by atomic mass is 28.4. The van der Waals surface area contributed by atoms with Gasteiger partial charge in [0.1, 0.15) is 0 Å². The van der Waals surface area contributed by atoms with E-state index in [-0.39, 0.29) is 5.60 Å². The van der Waals surface area contributed by atoms with E-state index in [4.69, 9.17) is 4.43 Å². The Morgan fingerprint density at radius 3 is 1.83 bits per heavy atom. The van der Waals surface area contributed by atoms with Crippen LogP contribution in [-0.2, 0) is 4.43 Å².